The molecule has 0 amide bonds. The predicted octanol–water partition coefficient (Wildman–Crippen LogP) is 3.62. The first-order valence-corrected chi connectivity index (χ1v) is 8.27. The summed E-state index contributed by atoms with van der Waals surface area (Å²) in [4.78, 5) is 33.0. The molecule has 1 atom stereocenters. The minimum atomic E-state index is -6.39. The maximum absolute atomic E-state index is 13.5. The molecule has 0 aliphatic heterocycles. The van der Waals surface area contributed by atoms with Gasteiger partial charge in [-0.2, -0.15) is 26.3 Å². The van der Waals surface area contributed by atoms with Gasteiger partial charge in [0.15, 0.2) is 0 Å². The van der Waals surface area contributed by atoms with Crippen molar-refractivity contribution in [1.29, 1.82) is 0 Å². The number of halogens is 7. The van der Waals surface area contributed by atoms with Crippen LogP contribution in [-0.2, 0) is 23.9 Å². The normalized spacial score (nSPS) is 14.3. The zero-order valence-corrected chi connectivity index (χ0v) is 15.7. The Morgan fingerprint density at radius 2 is 1.45 bits per heavy atom. The van der Waals surface area contributed by atoms with Crippen LogP contribution in [0.2, 0.25) is 0 Å². The first-order chi connectivity index (χ1) is 12.9. The van der Waals surface area contributed by atoms with E-state index in [1.54, 1.807) is 20.8 Å². The summed E-state index contributed by atoms with van der Waals surface area (Å²) < 4.78 is 102. The molecule has 0 aliphatic rings. The average molecular weight is 442 g/mol. The quantitative estimate of drug-likeness (QED) is 0.282. The molecule has 1 N–H and O–H groups in total. The van der Waals surface area contributed by atoms with E-state index in [1.807, 2.05) is 0 Å². The molecule has 0 aromatic carbocycles. The van der Waals surface area contributed by atoms with Crippen molar-refractivity contribution in [2.45, 2.75) is 64.0 Å². The van der Waals surface area contributed by atoms with E-state index in [4.69, 9.17) is 9.84 Å². The van der Waals surface area contributed by atoms with E-state index in [0.717, 1.165) is 0 Å². The molecule has 0 fully saturated rings. The Balaban J connectivity index is 4.70. The minimum absolute atomic E-state index is 0.432. The number of hydrogen-bond donors (Lipinski definition) is 1. The summed E-state index contributed by atoms with van der Waals surface area (Å²) in [6.07, 6.45) is -7.78. The fourth-order valence-corrected chi connectivity index (χ4v) is 1.68. The fraction of sp³-hybridized carbons (Fsp3) is 0.812. The van der Waals surface area contributed by atoms with E-state index in [9.17, 15) is 45.1 Å². The lowest BCUT2D eigenvalue weighted by Gasteiger charge is -2.33. The van der Waals surface area contributed by atoms with Crippen LogP contribution in [0.4, 0.5) is 30.7 Å². The van der Waals surface area contributed by atoms with Gasteiger partial charge in [0.2, 0.25) is 0 Å². The van der Waals surface area contributed by atoms with Gasteiger partial charge in [0.25, 0.3) is 6.17 Å². The van der Waals surface area contributed by atoms with Crippen LogP contribution in [0, 0.1) is 5.41 Å². The Morgan fingerprint density at radius 1 is 0.966 bits per heavy atom. The highest BCUT2D eigenvalue weighted by molar-refractivity contribution is 5.76. The highest BCUT2D eigenvalue weighted by Gasteiger charge is 2.75. The van der Waals surface area contributed by atoms with E-state index in [1.165, 1.54) is 0 Å². The molecule has 0 saturated carbocycles. The second-order valence-corrected chi connectivity index (χ2v) is 6.70. The van der Waals surface area contributed by atoms with Crippen LogP contribution >= 0.6 is 0 Å². The van der Waals surface area contributed by atoms with Crippen LogP contribution in [0.1, 0.15) is 40.0 Å². The van der Waals surface area contributed by atoms with Gasteiger partial charge in [0.1, 0.15) is 13.2 Å². The SMILES string of the molecule is CCC(C)(C)C(=O)OCCOC(=O)CCC(F)(F)C(F)(F)C(F)(F)C(F)C(=O)O. The zero-order chi connectivity index (χ0) is 23.3. The number of rotatable bonds is 12. The number of carbonyl (C=O) groups is 3. The molecule has 29 heavy (non-hydrogen) atoms. The summed E-state index contributed by atoms with van der Waals surface area (Å²) in [5, 5.41) is 8.05. The predicted molar refractivity (Wildman–Crippen MR) is 82.6 cm³/mol. The average Bonchev–Trinajstić information content (AvgIpc) is 2.62. The van der Waals surface area contributed by atoms with Crippen molar-refractivity contribution < 1.29 is 59.7 Å². The van der Waals surface area contributed by atoms with Gasteiger partial charge in [-0.15, -0.1) is 0 Å². The molecule has 0 bridgehead atoms. The highest BCUT2D eigenvalue weighted by atomic mass is 19.3. The Bertz CT molecular complexity index is 607. The molecule has 0 aliphatic carbocycles. The van der Waals surface area contributed by atoms with Gasteiger partial charge in [-0.1, -0.05) is 6.92 Å². The molecule has 0 aromatic rings. The van der Waals surface area contributed by atoms with Crippen LogP contribution in [0.5, 0.6) is 0 Å². The third-order valence-electron chi connectivity index (χ3n) is 4.07. The van der Waals surface area contributed by atoms with Crippen LogP contribution < -0.4 is 0 Å². The first kappa shape index (κ1) is 26.9. The van der Waals surface area contributed by atoms with Gasteiger partial charge >= 0.3 is 35.7 Å². The second kappa shape index (κ2) is 9.61. The van der Waals surface area contributed by atoms with Gasteiger partial charge in [-0.3, -0.25) is 9.59 Å². The van der Waals surface area contributed by atoms with Crippen LogP contribution in [0.15, 0.2) is 0 Å². The number of esters is 2. The second-order valence-electron chi connectivity index (χ2n) is 6.70. The van der Waals surface area contributed by atoms with Gasteiger partial charge in [-0.25, -0.2) is 9.18 Å². The van der Waals surface area contributed by atoms with E-state index < -0.39 is 73.3 Å². The lowest BCUT2D eigenvalue weighted by molar-refractivity contribution is -0.324. The van der Waals surface area contributed by atoms with Crippen molar-refractivity contribution in [3.63, 3.8) is 0 Å². The van der Waals surface area contributed by atoms with Crippen molar-refractivity contribution in [2.24, 2.45) is 5.41 Å². The summed E-state index contributed by atoms with van der Waals surface area (Å²) in [5.41, 5.74) is -0.826. The van der Waals surface area contributed by atoms with E-state index in [-0.39, 0.29) is 0 Å². The third kappa shape index (κ3) is 6.46. The number of carboxylic acids is 1. The third-order valence-corrected chi connectivity index (χ3v) is 4.07. The number of hydrogen-bond acceptors (Lipinski definition) is 5. The largest absolute Gasteiger partial charge is 0.479 e. The van der Waals surface area contributed by atoms with Crippen LogP contribution in [0.3, 0.4) is 0 Å². The summed E-state index contributed by atoms with van der Waals surface area (Å²) in [7, 11) is 0. The number of carboxylic acid groups (broad SMARTS) is 1. The molecule has 0 rings (SSSR count). The first-order valence-electron chi connectivity index (χ1n) is 8.27. The van der Waals surface area contributed by atoms with E-state index in [0.29, 0.717) is 6.42 Å². The Morgan fingerprint density at radius 3 is 1.90 bits per heavy atom. The maximum atomic E-state index is 13.5. The van der Waals surface area contributed by atoms with Crippen LogP contribution in [-0.4, -0.2) is 60.2 Å². The number of alkyl halides is 7. The molecule has 0 saturated heterocycles. The van der Waals surface area contributed by atoms with Crippen molar-refractivity contribution >= 4 is 17.9 Å². The Hall–Kier alpha value is -2.08. The standard InChI is InChI=1S/C16H21F7O6/c1-4-13(2,3)12(27)29-8-7-28-9(24)5-6-14(18,19)16(22,23)15(20,21)10(17)11(25)26/h10H,4-8H2,1-3H3,(H,25,26). The number of aliphatic carboxylic acids is 1. The molecule has 6 nitrogen and oxygen atoms in total. The van der Waals surface area contributed by atoms with Gasteiger partial charge in [0, 0.05) is 6.42 Å². The Kier molecular flexibility index (Phi) is 8.92. The van der Waals surface area contributed by atoms with Crippen molar-refractivity contribution in [3.05, 3.63) is 0 Å². The highest BCUT2D eigenvalue weighted by Crippen LogP contribution is 2.50. The lowest BCUT2D eigenvalue weighted by atomic mass is 9.91. The molecule has 170 valence electrons. The van der Waals surface area contributed by atoms with E-state index in [2.05, 4.69) is 4.74 Å². The van der Waals surface area contributed by atoms with E-state index >= 15 is 0 Å². The zero-order valence-electron chi connectivity index (χ0n) is 15.7. The number of ether oxygens (including phenoxy) is 2. The summed E-state index contributed by atoms with van der Waals surface area (Å²) in [5.74, 6) is -23.4. The number of carbonyl (C=O) groups excluding carboxylic acids is 2. The summed E-state index contributed by atoms with van der Waals surface area (Å²) in [6.45, 7) is 3.80. The van der Waals surface area contributed by atoms with Crippen molar-refractivity contribution in [3.8, 4) is 0 Å². The smallest absolute Gasteiger partial charge is 0.375 e. The molecule has 13 heteroatoms. The monoisotopic (exact) mass is 442 g/mol. The van der Waals surface area contributed by atoms with Gasteiger partial charge in [-0.05, 0) is 20.3 Å². The van der Waals surface area contributed by atoms with Crippen LogP contribution in [0.25, 0.3) is 0 Å². The molecule has 0 radical (unpaired) electrons. The van der Waals surface area contributed by atoms with Crippen molar-refractivity contribution in [2.75, 3.05) is 13.2 Å². The molecular weight excluding hydrogens is 421 g/mol. The molecule has 0 aromatic heterocycles. The fourth-order valence-electron chi connectivity index (χ4n) is 1.68. The van der Waals surface area contributed by atoms with Gasteiger partial charge in [0.05, 0.1) is 11.8 Å². The summed E-state index contributed by atoms with van der Waals surface area (Å²) >= 11 is 0. The molecule has 0 heterocycles. The minimum Gasteiger partial charge on any atom is -0.479 e. The molecule has 0 spiro atoms. The molecule has 1 unspecified atom stereocenters. The topological polar surface area (TPSA) is 89.9 Å². The van der Waals surface area contributed by atoms with Crippen molar-refractivity contribution in [1.82, 2.24) is 0 Å². The lowest BCUT2D eigenvalue weighted by Crippen LogP contribution is -2.60. The summed E-state index contributed by atoms with van der Waals surface area (Å²) in [6, 6.07) is 0. The maximum Gasteiger partial charge on any atom is 0.375 e. The van der Waals surface area contributed by atoms with Gasteiger partial charge < -0.3 is 14.6 Å². The Labute approximate surface area is 161 Å². The molecular formula is C16H21F7O6.